The minimum atomic E-state index is -1.42. The van der Waals surface area contributed by atoms with Crippen LogP contribution >= 0.6 is 23.4 Å². The number of fused-ring (bicyclic) bond motifs is 4. The molecule has 1 spiro atoms. The van der Waals surface area contributed by atoms with E-state index in [1.54, 1.807) is 24.2 Å². The van der Waals surface area contributed by atoms with Crippen molar-refractivity contribution in [3.63, 3.8) is 0 Å². The molecule has 2 aliphatic heterocycles. The average molecular weight is 487 g/mol. The van der Waals surface area contributed by atoms with Crippen molar-refractivity contribution >= 4 is 34.4 Å². The lowest BCUT2D eigenvalue weighted by molar-refractivity contribution is -0.138. The Hall–Kier alpha value is -2.29. The lowest BCUT2D eigenvalue weighted by atomic mass is 9.67. The fourth-order valence-corrected chi connectivity index (χ4v) is 6.34. The summed E-state index contributed by atoms with van der Waals surface area (Å²) in [6.07, 6.45) is 5.67. The van der Waals surface area contributed by atoms with Crippen LogP contribution in [0.5, 0.6) is 5.75 Å². The first kappa shape index (κ1) is 22.5. The van der Waals surface area contributed by atoms with Gasteiger partial charge in [0.15, 0.2) is 5.17 Å². The number of amides is 1. The third-order valence-corrected chi connectivity index (χ3v) is 7.98. The third kappa shape index (κ3) is 4.09. The van der Waals surface area contributed by atoms with Gasteiger partial charge >= 0.3 is 0 Å². The molecule has 3 aliphatic rings. The van der Waals surface area contributed by atoms with Crippen LogP contribution < -0.4 is 15.8 Å². The molecule has 3 unspecified atom stereocenters. The van der Waals surface area contributed by atoms with Gasteiger partial charge in [-0.25, -0.2) is 4.99 Å². The molecule has 1 amide bonds. The summed E-state index contributed by atoms with van der Waals surface area (Å²) in [5.74, 6) is 1.23. The quantitative estimate of drug-likeness (QED) is 0.612. The number of aliphatic imine (C=N–C) groups is 1. The molecule has 5 rings (SSSR count). The molecule has 7 nitrogen and oxygen atoms in total. The summed E-state index contributed by atoms with van der Waals surface area (Å²) in [6, 6.07) is 7.96. The van der Waals surface area contributed by atoms with Crippen molar-refractivity contribution in [3.05, 3.63) is 47.2 Å². The molecular weight excluding hydrogens is 460 g/mol. The van der Waals surface area contributed by atoms with Gasteiger partial charge in [-0.15, -0.1) is 0 Å². The highest BCUT2D eigenvalue weighted by Gasteiger charge is 2.54. The largest absolute Gasteiger partial charge is 0.490 e. The topological polar surface area (TPSA) is 110 Å². The Morgan fingerprint density at radius 2 is 2.12 bits per heavy atom. The minimum absolute atomic E-state index is 0.0123. The summed E-state index contributed by atoms with van der Waals surface area (Å²) in [5.41, 5.74) is 7.16. The van der Waals surface area contributed by atoms with Crippen LogP contribution in [0.1, 0.15) is 38.7 Å². The second-order valence-electron chi connectivity index (χ2n) is 9.57. The van der Waals surface area contributed by atoms with Crippen molar-refractivity contribution in [1.82, 2.24) is 10.3 Å². The first-order valence-corrected chi connectivity index (χ1v) is 12.5. The second-order valence-corrected chi connectivity index (χ2v) is 11.0. The number of benzene rings is 1. The number of aromatic nitrogens is 1. The number of carbonyl (C=O) groups is 1. The molecular formula is C24H27ClN4O3S. The molecule has 1 saturated carbocycles. The van der Waals surface area contributed by atoms with Crippen molar-refractivity contribution in [1.29, 1.82) is 0 Å². The Labute approximate surface area is 202 Å². The number of amidine groups is 1. The first-order chi connectivity index (χ1) is 15.7. The fourth-order valence-electron chi connectivity index (χ4n) is 5.14. The Balaban J connectivity index is 1.53. The molecule has 9 heteroatoms. The van der Waals surface area contributed by atoms with Crippen LogP contribution in [-0.2, 0) is 10.3 Å². The van der Waals surface area contributed by atoms with E-state index in [0.717, 1.165) is 41.0 Å². The van der Waals surface area contributed by atoms with Gasteiger partial charge in [-0.1, -0.05) is 29.4 Å². The number of aliphatic hydroxyl groups is 1. The molecule has 1 aliphatic carbocycles. The molecule has 4 atom stereocenters. The lowest BCUT2D eigenvalue weighted by Crippen LogP contribution is -2.55. The fraction of sp³-hybridized carbons (Fsp3) is 0.458. The van der Waals surface area contributed by atoms with Gasteiger partial charge < -0.3 is 20.9 Å². The molecule has 1 aromatic carbocycles. The van der Waals surface area contributed by atoms with Gasteiger partial charge in [0.05, 0.1) is 5.02 Å². The van der Waals surface area contributed by atoms with Crippen molar-refractivity contribution in [3.8, 4) is 16.9 Å². The molecule has 1 aromatic heterocycles. The molecule has 4 N–H and O–H groups in total. The number of thioether (sulfide) groups is 1. The lowest BCUT2D eigenvalue weighted by Gasteiger charge is -2.49. The van der Waals surface area contributed by atoms with Crippen LogP contribution in [0.2, 0.25) is 5.02 Å². The van der Waals surface area contributed by atoms with Gasteiger partial charge in [0.1, 0.15) is 23.0 Å². The van der Waals surface area contributed by atoms with Gasteiger partial charge in [-0.3, -0.25) is 9.78 Å². The van der Waals surface area contributed by atoms with Gasteiger partial charge in [0, 0.05) is 41.2 Å². The SMILES string of the molecule is CC(C)(O)C(=O)NC1CC[C@@H]2Oc3ccc(-c4cncc(Cl)c4)cc3C3(CSC(N)=N3)C2C1. The van der Waals surface area contributed by atoms with E-state index in [4.69, 9.17) is 27.1 Å². The predicted molar refractivity (Wildman–Crippen MR) is 130 cm³/mol. The minimum Gasteiger partial charge on any atom is -0.490 e. The number of ether oxygens (including phenoxy) is 1. The van der Waals surface area contributed by atoms with Crippen LogP contribution in [0.25, 0.3) is 11.1 Å². The number of rotatable bonds is 3. The molecule has 1 fully saturated rings. The number of nitrogens with two attached hydrogens (primary N) is 1. The van der Waals surface area contributed by atoms with Crippen LogP contribution in [0.15, 0.2) is 41.7 Å². The molecule has 2 aromatic rings. The highest BCUT2D eigenvalue weighted by Crippen LogP contribution is 2.54. The summed E-state index contributed by atoms with van der Waals surface area (Å²) in [7, 11) is 0. The number of carbonyl (C=O) groups excluding carboxylic acids is 1. The zero-order valence-corrected chi connectivity index (χ0v) is 20.1. The van der Waals surface area contributed by atoms with Gasteiger partial charge in [-0.2, -0.15) is 0 Å². The number of nitrogens with one attached hydrogen (secondary N) is 1. The van der Waals surface area contributed by atoms with Crippen molar-refractivity contribution in [2.45, 2.75) is 56.4 Å². The van der Waals surface area contributed by atoms with Crippen LogP contribution in [-0.4, -0.2) is 44.7 Å². The van der Waals surface area contributed by atoms with Crippen molar-refractivity contribution in [2.24, 2.45) is 16.6 Å². The third-order valence-electron chi connectivity index (χ3n) is 6.80. The van der Waals surface area contributed by atoms with Crippen molar-refractivity contribution < 1.29 is 14.6 Å². The van der Waals surface area contributed by atoms with Gasteiger partial charge in [0.25, 0.3) is 5.91 Å². The molecule has 0 radical (unpaired) electrons. The summed E-state index contributed by atoms with van der Waals surface area (Å²) >= 11 is 7.73. The van der Waals surface area contributed by atoms with E-state index >= 15 is 0 Å². The second kappa shape index (κ2) is 8.18. The van der Waals surface area contributed by atoms with Crippen LogP contribution in [0, 0.1) is 5.92 Å². The van der Waals surface area contributed by atoms with Crippen LogP contribution in [0.3, 0.4) is 0 Å². The summed E-state index contributed by atoms with van der Waals surface area (Å²) in [5, 5.41) is 14.3. The maximum atomic E-state index is 12.4. The van der Waals surface area contributed by atoms with Gasteiger partial charge in [-0.05, 0) is 56.9 Å². The normalized spacial score (nSPS) is 28.5. The predicted octanol–water partition coefficient (Wildman–Crippen LogP) is 3.48. The monoisotopic (exact) mass is 486 g/mol. The van der Waals surface area contributed by atoms with E-state index in [1.807, 2.05) is 18.2 Å². The number of nitrogens with zero attached hydrogens (tertiary/aromatic N) is 2. The molecule has 0 saturated heterocycles. The molecule has 174 valence electrons. The number of halogens is 1. The maximum Gasteiger partial charge on any atom is 0.251 e. The smallest absolute Gasteiger partial charge is 0.251 e. The Morgan fingerprint density at radius 1 is 1.30 bits per heavy atom. The van der Waals surface area contributed by atoms with E-state index in [2.05, 4.69) is 16.4 Å². The van der Waals surface area contributed by atoms with Crippen LogP contribution in [0.4, 0.5) is 0 Å². The zero-order valence-electron chi connectivity index (χ0n) is 18.5. The average Bonchev–Trinajstić information content (AvgIpc) is 3.16. The summed E-state index contributed by atoms with van der Waals surface area (Å²) in [6.45, 7) is 3.00. The van der Waals surface area contributed by atoms with E-state index in [1.165, 1.54) is 13.8 Å². The highest BCUT2D eigenvalue weighted by molar-refractivity contribution is 8.14. The molecule has 0 bridgehead atoms. The number of hydrogen-bond acceptors (Lipinski definition) is 7. The highest BCUT2D eigenvalue weighted by atomic mass is 35.5. The Kier molecular flexibility index (Phi) is 5.58. The zero-order chi connectivity index (χ0) is 23.4. The van der Waals surface area contributed by atoms with E-state index < -0.39 is 11.1 Å². The number of pyridine rings is 1. The molecule has 33 heavy (non-hydrogen) atoms. The summed E-state index contributed by atoms with van der Waals surface area (Å²) in [4.78, 5) is 21.6. The summed E-state index contributed by atoms with van der Waals surface area (Å²) < 4.78 is 6.47. The Bertz CT molecular complexity index is 1130. The molecule has 3 heterocycles. The standard InChI is InChI=1S/C24H27ClN4O3S/c1-23(2,31)21(30)28-16-4-6-20-18(9-16)24(12-33-22(26)29-24)17-8-13(3-5-19(17)32-20)14-7-15(25)11-27-10-14/h3,5,7-8,10-11,16,18,20,31H,4,6,9,12H2,1-2H3,(H2,26,29)(H,28,30)/t16?,18?,20-,24?/m0/s1. The van der Waals surface area contributed by atoms with Gasteiger partial charge in [0.2, 0.25) is 0 Å². The van der Waals surface area contributed by atoms with Crippen molar-refractivity contribution in [2.75, 3.05) is 5.75 Å². The maximum absolute atomic E-state index is 12.4. The first-order valence-electron chi connectivity index (χ1n) is 11.1. The van der Waals surface area contributed by atoms with E-state index in [0.29, 0.717) is 16.6 Å². The van der Waals surface area contributed by atoms with E-state index in [9.17, 15) is 9.90 Å². The number of hydrogen-bond donors (Lipinski definition) is 3. The Morgan fingerprint density at radius 3 is 2.82 bits per heavy atom. The van der Waals surface area contributed by atoms with E-state index in [-0.39, 0.29) is 24.0 Å².